The van der Waals surface area contributed by atoms with Crippen molar-refractivity contribution in [3.05, 3.63) is 36.1 Å². The van der Waals surface area contributed by atoms with Crippen molar-refractivity contribution < 1.29 is 9.21 Å². The highest BCUT2D eigenvalue weighted by Crippen LogP contribution is 2.19. The first-order chi connectivity index (χ1) is 8.61. The average Bonchev–Trinajstić information content (AvgIpc) is 2.84. The molecule has 0 bridgehead atoms. The van der Waals surface area contributed by atoms with Crippen molar-refractivity contribution in [1.82, 2.24) is 4.90 Å². The number of hydrogen-bond acceptors (Lipinski definition) is 2. The maximum absolute atomic E-state index is 12.0. The van der Waals surface area contributed by atoms with Crippen molar-refractivity contribution in [1.29, 1.82) is 0 Å². The monoisotopic (exact) mass is 245 g/mol. The van der Waals surface area contributed by atoms with Crippen LogP contribution in [0.3, 0.4) is 0 Å². The second-order valence-corrected chi connectivity index (χ2v) is 4.75. The lowest BCUT2D eigenvalue weighted by atomic mass is 9.99. The van der Waals surface area contributed by atoms with E-state index in [4.69, 9.17) is 4.42 Å². The van der Waals surface area contributed by atoms with Gasteiger partial charge in [0.25, 0.3) is 0 Å². The molecule has 0 aliphatic carbocycles. The molecule has 0 radical (unpaired) electrons. The normalized spacial score (nSPS) is 12.6. The molecule has 0 aliphatic rings. The summed E-state index contributed by atoms with van der Waals surface area (Å²) in [6.45, 7) is 4.72. The molecule has 96 valence electrons. The first-order valence-electron chi connectivity index (χ1n) is 6.33. The number of hydrogen-bond donors (Lipinski definition) is 0. The molecule has 0 saturated carbocycles. The van der Waals surface area contributed by atoms with Crippen molar-refractivity contribution >= 4 is 16.9 Å². The highest BCUT2D eigenvalue weighted by atomic mass is 16.3. The van der Waals surface area contributed by atoms with Gasteiger partial charge in [-0.3, -0.25) is 4.79 Å². The first-order valence-corrected chi connectivity index (χ1v) is 6.33. The maximum Gasteiger partial charge on any atom is 0.225 e. The molecular weight excluding hydrogens is 226 g/mol. The van der Waals surface area contributed by atoms with Crippen molar-refractivity contribution in [2.45, 2.75) is 20.3 Å². The highest BCUT2D eigenvalue weighted by molar-refractivity contribution is 5.80. The van der Waals surface area contributed by atoms with Gasteiger partial charge in [-0.05, 0) is 37.1 Å². The van der Waals surface area contributed by atoms with E-state index in [9.17, 15) is 4.79 Å². The van der Waals surface area contributed by atoms with E-state index in [2.05, 4.69) is 6.07 Å². The van der Waals surface area contributed by atoms with Crippen LogP contribution in [0.15, 0.2) is 34.9 Å². The second kappa shape index (κ2) is 5.25. The molecule has 0 unspecified atom stereocenters. The van der Waals surface area contributed by atoms with Crippen LogP contribution in [0.25, 0.3) is 11.0 Å². The molecule has 1 aromatic heterocycles. The van der Waals surface area contributed by atoms with E-state index in [0.717, 1.165) is 23.9 Å². The Morgan fingerprint density at radius 2 is 2.17 bits per heavy atom. The van der Waals surface area contributed by atoms with Crippen LogP contribution < -0.4 is 0 Å². The largest absolute Gasteiger partial charge is 0.464 e. The van der Waals surface area contributed by atoms with Crippen LogP contribution in [0.1, 0.15) is 19.4 Å². The summed E-state index contributed by atoms with van der Waals surface area (Å²) in [5.41, 5.74) is 2.07. The van der Waals surface area contributed by atoms with Crippen LogP contribution in [0.2, 0.25) is 0 Å². The number of nitrogens with zero attached hydrogens (tertiary/aromatic N) is 1. The second-order valence-electron chi connectivity index (χ2n) is 4.75. The molecule has 1 atom stereocenters. The van der Waals surface area contributed by atoms with Crippen LogP contribution in [0.5, 0.6) is 0 Å². The van der Waals surface area contributed by atoms with Gasteiger partial charge >= 0.3 is 0 Å². The molecular formula is C15H19NO2. The van der Waals surface area contributed by atoms with Crippen molar-refractivity contribution in [2.75, 3.05) is 13.6 Å². The van der Waals surface area contributed by atoms with Gasteiger partial charge in [0.2, 0.25) is 5.91 Å². The number of amides is 1. The predicted molar refractivity (Wildman–Crippen MR) is 72.4 cm³/mol. The van der Waals surface area contributed by atoms with Crippen molar-refractivity contribution in [2.24, 2.45) is 5.92 Å². The molecule has 2 rings (SSSR count). The Morgan fingerprint density at radius 3 is 2.89 bits per heavy atom. The minimum atomic E-state index is 0.0132. The number of carbonyl (C=O) groups is 1. The van der Waals surface area contributed by atoms with E-state index in [-0.39, 0.29) is 11.8 Å². The average molecular weight is 245 g/mol. The standard InChI is InChI=1S/C15H19NO2/c1-4-16(3)15(17)11(2)9-12-5-6-14-13(10-12)7-8-18-14/h5-8,10-11H,4,9H2,1-3H3/t11-/m1/s1. The zero-order valence-electron chi connectivity index (χ0n) is 11.1. The van der Waals surface area contributed by atoms with Crippen molar-refractivity contribution in [3.8, 4) is 0 Å². The summed E-state index contributed by atoms with van der Waals surface area (Å²) in [5.74, 6) is 0.212. The zero-order chi connectivity index (χ0) is 13.1. The molecule has 0 aliphatic heterocycles. The lowest BCUT2D eigenvalue weighted by Crippen LogP contribution is -2.32. The lowest BCUT2D eigenvalue weighted by Gasteiger charge is -2.19. The molecule has 0 N–H and O–H groups in total. The highest BCUT2D eigenvalue weighted by Gasteiger charge is 2.16. The van der Waals surface area contributed by atoms with Gasteiger partial charge in [-0.2, -0.15) is 0 Å². The maximum atomic E-state index is 12.0. The summed E-state index contributed by atoms with van der Waals surface area (Å²) in [7, 11) is 1.85. The van der Waals surface area contributed by atoms with Crippen LogP contribution in [0, 0.1) is 5.92 Å². The van der Waals surface area contributed by atoms with Crippen LogP contribution in [-0.4, -0.2) is 24.4 Å². The van der Waals surface area contributed by atoms with Crippen LogP contribution >= 0.6 is 0 Å². The number of furan rings is 1. The van der Waals surface area contributed by atoms with Crippen LogP contribution in [0.4, 0.5) is 0 Å². The van der Waals surface area contributed by atoms with Crippen LogP contribution in [-0.2, 0) is 11.2 Å². The minimum Gasteiger partial charge on any atom is -0.464 e. The van der Waals surface area contributed by atoms with Gasteiger partial charge in [-0.25, -0.2) is 0 Å². The molecule has 0 spiro atoms. The van der Waals surface area contributed by atoms with E-state index in [1.54, 1.807) is 11.2 Å². The molecule has 3 nitrogen and oxygen atoms in total. The fourth-order valence-electron chi connectivity index (χ4n) is 2.12. The van der Waals surface area contributed by atoms with Gasteiger partial charge in [-0.1, -0.05) is 13.0 Å². The van der Waals surface area contributed by atoms with E-state index in [1.807, 2.05) is 39.1 Å². The quantitative estimate of drug-likeness (QED) is 0.829. The summed E-state index contributed by atoms with van der Waals surface area (Å²) in [6.07, 6.45) is 2.46. The molecule has 1 amide bonds. The van der Waals surface area contributed by atoms with Gasteiger partial charge < -0.3 is 9.32 Å². The third kappa shape index (κ3) is 2.55. The summed E-state index contributed by atoms with van der Waals surface area (Å²) in [5, 5.41) is 1.09. The summed E-state index contributed by atoms with van der Waals surface area (Å²) in [6, 6.07) is 8.03. The van der Waals surface area contributed by atoms with Gasteiger partial charge in [0, 0.05) is 24.9 Å². The summed E-state index contributed by atoms with van der Waals surface area (Å²) < 4.78 is 5.31. The Hall–Kier alpha value is -1.77. The summed E-state index contributed by atoms with van der Waals surface area (Å²) in [4.78, 5) is 13.8. The van der Waals surface area contributed by atoms with Gasteiger partial charge in [0.15, 0.2) is 0 Å². The third-order valence-electron chi connectivity index (χ3n) is 3.33. The smallest absolute Gasteiger partial charge is 0.225 e. The van der Waals surface area contributed by atoms with Gasteiger partial charge in [0.1, 0.15) is 5.58 Å². The summed E-state index contributed by atoms with van der Waals surface area (Å²) >= 11 is 0. The Bertz CT molecular complexity index is 544. The zero-order valence-corrected chi connectivity index (χ0v) is 11.1. The fraction of sp³-hybridized carbons (Fsp3) is 0.400. The Kier molecular flexibility index (Phi) is 3.70. The molecule has 3 heteroatoms. The van der Waals surface area contributed by atoms with Crippen molar-refractivity contribution in [3.63, 3.8) is 0 Å². The molecule has 0 saturated heterocycles. The molecule has 1 heterocycles. The topological polar surface area (TPSA) is 33.5 Å². The SMILES string of the molecule is CCN(C)C(=O)[C@H](C)Cc1ccc2occc2c1. The fourth-order valence-corrected chi connectivity index (χ4v) is 2.12. The van der Waals surface area contributed by atoms with Gasteiger partial charge in [-0.15, -0.1) is 0 Å². The lowest BCUT2D eigenvalue weighted by molar-refractivity contribution is -0.133. The first kappa shape index (κ1) is 12.7. The van der Waals surface area contributed by atoms with E-state index < -0.39 is 0 Å². The number of fused-ring (bicyclic) bond motifs is 1. The van der Waals surface area contributed by atoms with E-state index in [1.165, 1.54) is 5.56 Å². The number of rotatable bonds is 4. The number of carbonyl (C=O) groups excluding carboxylic acids is 1. The van der Waals surface area contributed by atoms with Gasteiger partial charge in [0.05, 0.1) is 6.26 Å². The molecule has 0 fully saturated rings. The molecule has 2 aromatic rings. The van der Waals surface area contributed by atoms with E-state index in [0.29, 0.717) is 0 Å². The molecule has 1 aromatic carbocycles. The van der Waals surface area contributed by atoms with E-state index >= 15 is 0 Å². The number of benzene rings is 1. The Morgan fingerprint density at radius 1 is 1.39 bits per heavy atom. The predicted octanol–water partition coefficient (Wildman–Crippen LogP) is 3.09. The Labute approximate surface area is 107 Å². The minimum absolute atomic E-state index is 0.0132. The Balaban J connectivity index is 2.10. The molecule has 18 heavy (non-hydrogen) atoms. The third-order valence-corrected chi connectivity index (χ3v) is 3.33.